The summed E-state index contributed by atoms with van der Waals surface area (Å²) in [6.45, 7) is 1.02. The first-order valence-corrected chi connectivity index (χ1v) is 9.08. The number of aromatic nitrogens is 1. The predicted molar refractivity (Wildman–Crippen MR) is 108 cm³/mol. The van der Waals surface area contributed by atoms with Crippen LogP contribution in [0.3, 0.4) is 0 Å². The quantitative estimate of drug-likeness (QED) is 0.672. The molecule has 1 atom stereocenters. The molecule has 142 valence electrons. The van der Waals surface area contributed by atoms with Gasteiger partial charge in [-0.25, -0.2) is 4.79 Å². The summed E-state index contributed by atoms with van der Waals surface area (Å²) in [7, 11) is 2.04. The fraction of sp³-hybridized carbons (Fsp3) is 0.182. The molecule has 6 nitrogen and oxygen atoms in total. The molecule has 1 aliphatic heterocycles. The SMILES string of the molecule is CN(c1ccccc1)c1ccc2c(c1)CO[C@@H]2CNc1cnccc1C(=O)O. The summed E-state index contributed by atoms with van der Waals surface area (Å²) in [6.07, 6.45) is 2.87. The summed E-state index contributed by atoms with van der Waals surface area (Å²) in [5, 5.41) is 12.5. The summed E-state index contributed by atoms with van der Waals surface area (Å²) in [6, 6.07) is 18.0. The van der Waals surface area contributed by atoms with Crippen molar-refractivity contribution in [3.63, 3.8) is 0 Å². The minimum absolute atomic E-state index is 0.132. The van der Waals surface area contributed by atoms with Crippen molar-refractivity contribution in [3.05, 3.63) is 83.7 Å². The summed E-state index contributed by atoms with van der Waals surface area (Å²) in [5.41, 5.74) is 5.19. The standard InChI is InChI=1S/C22H21N3O3/c1-25(16-5-3-2-4-6-16)17-7-8-18-15(11-17)14-28-21(18)13-24-20-12-23-10-9-19(20)22(26)27/h2-12,21,24H,13-14H2,1H3,(H,26,27)/t21-/m1/s1. The number of hydrogen-bond donors (Lipinski definition) is 2. The zero-order valence-corrected chi connectivity index (χ0v) is 15.5. The van der Waals surface area contributed by atoms with Gasteiger partial charge in [-0.2, -0.15) is 0 Å². The summed E-state index contributed by atoms with van der Waals surface area (Å²) in [4.78, 5) is 17.5. The maximum Gasteiger partial charge on any atom is 0.337 e. The molecule has 0 spiro atoms. The molecular weight excluding hydrogens is 354 g/mol. The van der Waals surface area contributed by atoms with Crippen molar-refractivity contribution in [3.8, 4) is 0 Å². The van der Waals surface area contributed by atoms with E-state index in [9.17, 15) is 9.90 Å². The van der Waals surface area contributed by atoms with E-state index in [0.717, 1.165) is 22.5 Å². The van der Waals surface area contributed by atoms with E-state index in [2.05, 4.69) is 45.5 Å². The van der Waals surface area contributed by atoms with Crippen molar-refractivity contribution < 1.29 is 14.6 Å². The molecule has 1 aromatic heterocycles. The van der Waals surface area contributed by atoms with Crippen LogP contribution in [-0.2, 0) is 11.3 Å². The number of anilines is 3. The van der Waals surface area contributed by atoms with Gasteiger partial charge in [-0.3, -0.25) is 4.98 Å². The molecule has 0 unspecified atom stereocenters. The molecule has 2 heterocycles. The van der Waals surface area contributed by atoms with Gasteiger partial charge in [-0.05, 0) is 41.5 Å². The molecule has 1 aliphatic rings. The van der Waals surface area contributed by atoms with Crippen molar-refractivity contribution in [1.29, 1.82) is 0 Å². The van der Waals surface area contributed by atoms with Gasteiger partial charge in [0.05, 0.1) is 24.1 Å². The van der Waals surface area contributed by atoms with Crippen molar-refractivity contribution in [2.45, 2.75) is 12.7 Å². The molecule has 0 saturated heterocycles. The number of nitrogens with zero attached hydrogens (tertiary/aromatic N) is 2. The van der Waals surface area contributed by atoms with Gasteiger partial charge < -0.3 is 20.1 Å². The van der Waals surface area contributed by atoms with E-state index in [0.29, 0.717) is 18.8 Å². The van der Waals surface area contributed by atoms with Crippen molar-refractivity contribution in [1.82, 2.24) is 4.98 Å². The first kappa shape index (κ1) is 18.0. The molecule has 6 heteroatoms. The molecule has 0 amide bonds. The number of hydrogen-bond acceptors (Lipinski definition) is 5. The number of carboxylic acids is 1. The lowest BCUT2D eigenvalue weighted by Crippen LogP contribution is -2.14. The Balaban J connectivity index is 1.49. The summed E-state index contributed by atoms with van der Waals surface area (Å²) >= 11 is 0. The van der Waals surface area contributed by atoms with Gasteiger partial charge in [-0.1, -0.05) is 24.3 Å². The fourth-order valence-electron chi connectivity index (χ4n) is 3.41. The maximum absolute atomic E-state index is 11.3. The van der Waals surface area contributed by atoms with E-state index in [-0.39, 0.29) is 11.7 Å². The molecule has 3 aromatic rings. The van der Waals surface area contributed by atoms with Crippen LogP contribution in [-0.4, -0.2) is 29.7 Å². The third kappa shape index (κ3) is 3.54. The smallest absolute Gasteiger partial charge is 0.337 e. The third-order valence-electron chi connectivity index (χ3n) is 4.97. The number of pyridine rings is 1. The first-order chi connectivity index (χ1) is 13.6. The van der Waals surface area contributed by atoms with Crippen LogP contribution in [0.5, 0.6) is 0 Å². The minimum Gasteiger partial charge on any atom is -0.478 e. The Morgan fingerprint density at radius 1 is 1.21 bits per heavy atom. The van der Waals surface area contributed by atoms with Gasteiger partial charge in [0.15, 0.2) is 0 Å². The normalized spacial score (nSPS) is 15.1. The molecule has 0 aliphatic carbocycles. The third-order valence-corrected chi connectivity index (χ3v) is 4.97. The highest BCUT2D eigenvalue weighted by Gasteiger charge is 2.24. The number of benzene rings is 2. The van der Waals surface area contributed by atoms with Crippen LogP contribution in [0, 0.1) is 0 Å². The Morgan fingerprint density at radius 2 is 2.04 bits per heavy atom. The second-order valence-electron chi connectivity index (χ2n) is 6.68. The molecule has 0 bridgehead atoms. The lowest BCUT2D eigenvalue weighted by Gasteiger charge is -2.20. The average molecular weight is 375 g/mol. The highest BCUT2D eigenvalue weighted by Crippen LogP contribution is 2.35. The number of nitrogens with one attached hydrogen (secondary N) is 1. The molecule has 28 heavy (non-hydrogen) atoms. The van der Waals surface area contributed by atoms with Crippen LogP contribution in [0.25, 0.3) is 0 Å². The van der Waals surface area contributed by atoms with Crippen molar-refractivity contribution in [2.24, 2.45) is 0 Å². The fourth-order valence-corrected chi connectivity index (χ4v) is 3.41. The zero-order chi connectivity index (χ0) is 19.5. The number of carboxylic acid groups (broad SMARTS) is 1. The largest absolute Gasteiger partial charge is 0.478 e. The van der Waals surface area contributed by atoms with E-state index in [1.54, 1.807) is 0 Å². The number of ether oxygens (including phenoxy) is 1. The van der Waals surface area contributed by atoms with E-state index >= 15 is 0 Å². The molecule has 2 N–H and O–H groups in total. The predicted octanol–water partition coefficient (Wildman–Crippen LogP) is 4.23. The van der Waals surface area contributed by atoms with Crippen LogP contribution in [0.2, 0.25) is 0 Å². The van der Waals surface area contributed by atoms with Gasteiger partial charge in [0.25, 0.3) is 0 Å². The van der Waals surface area contributed by atoms with Crippen molar-refractivity contribution in [2.75, 3.05) is 23.8 Å². The molecule has 0 saturated carbocycles. The Hall–Kier alpha value is -3.38. The van der Waals surface area contributed by atoms with Gasteiger partial charge in [0, 0.05) is 31.2 Å². The molecule has 0 fully saturated rings. The zero-order valence-electron chi connectivity index (χ0n) is 15.5. The molecule has 4 rings (SSSR count). The van der Waals surface area contributed by atoms with E-state index in [4.69, 9.17) is 4.74 Å². The summed E-state index contributed by atoms with van der Waals surface area (Å²) in [5.74, 6) is -0.980. The average Bonchev–Trinajstić information content (AvgIpc) is 3.14. The van der Waals surface area contributed by atoms with E-state index in [1.165, 1.54) is 18.5 Å². The minimum atomic E-state index is -0.980. The monoisotopic (exact) mass is 375 g/mol. The number of fused-ring (bicyclic) bond motifs is 1. The highest BCUT2D eigenvalue weighted by molar-refractivity contribution is 5.93. The van der Waals surface area contributed by atoms with Crippen LogP contribution < -0.4 is 10.2 Å². The van der Waals surface area contributed by atoms with Crippen LogP contribution >= 0.6 is 0 Å². The first-order valence-electron chi connectivity index (χ1n) is 9.08. The van der Waals surface area contributed by atoms with Gasteiger partial charge in [0.1, 0.15) is 6.10 Å². The number of aromatic carboxylic acids is 1. The number of para-hydroxylation sites is 1. The lowest BCUT2D eigenvalue weighted by molar-refractivity contribution is 0.0695. The lowest BCUT2D eigenvalue weighted by atomic mass is 10.0. The topological polar surface area (TPSA) is 74.7 Å². The van der Waals surface area contributed by atoms with Crippen molar-refractivity contribution >= 4 is 23.0 Å². The summed E-state index contributed by atoms with van der Waals surface area (Å²) < 4.78 is 5.94. The van der Waals surface area contributed by atoms with Gasteiger partial charge in [0.2, 0.25) is 0 Å². The number of carbonyl (C=O) groups is 1. The molecular formula is C22H21N3O3. The van der Waals surface area contributed by atoms with E-state index < -0.39 is 5.97 Å². The van der Waals surface area contributed by atoms with Gasteiger partial charge in [-0.15, -0.1) is 0 Å². The second-order valence-corrected chi connectivity index (χ2v) is 6.68. The Kier molecular flexibility index (Phi) is 4.95. The van der Waals surface area contributed by atoms with Crippen LogP contribution in [0.15, 0.2) is 67.0 Å². The molecule has 0 radical (unpaired) electrons. The Bertz CT molecular complexity index is 991. The highest BCUT2D eigenvalue weighted by atomic mass is 16.5. The van der Waals surface area contributed by atoms with Crippen LogP contribution in [0.4, 0.5) is 17.1 Å². The van der Waals surface area contributed by atoms with Crippen LogP contribution in [0.1, 0.15) is 27.6 Å². The molecule has 2 aromatic carbocycles. The van der Waals surface area contributed by atoms with Gasteiger partial charge >= 0.3 is 5.97 Å². The Labute approximate surface area is 163 Å². The second kappa shape index (κ2) is 7.70. The maximum atomic E-state index is 11.3. The van der Waals surface area contributed by atoms with E-state index in [1.807, 2.05) is 25.2 Å². The Morgan fingerprint density at radius 3 is 2.82 bits per heavy atom. The number of rotatable bonds is 6.